The molecule has 0 saturated carbocycles. The minimum atomic E-state index is -5.74. The van der Waals surface area contributed by atoms with Crippen LogP contribution in [0.2, 0.25) is 5.02 Å². The number of hydrogen-bond donors (Lipinski definition) is 2. The Hall–Kier alpha value is -5.07. The van der Waals surface area contributed by atoms with Gasteiger partial charge in [0.15, 0.2) is 0 Å². The largest absolute Gasteiger partial charge is 0.501 e. The number of hydrogen-bond acceptors (Lipinski definition) is 9. The molecule has 0 spiro atoms. The van der Waals surface area contributed by atoms with E-state index in [-0.39, 0.29) is 11.6 Å². The predicted octanol–water partition coefficient (Wildman–Crippen LogP) is 7.11. The van der Waals surface area contributed by atoms with E-state index in [4.69, 9.17) is 11.6 Å². The van der Waals surface area contributed by atoms with Crippen LogP contribution in [-0.4, -0.2) is 115 Å². The maximum Gasteiger partial charge on any atom is 0.501 e. The average molecular weight is 913 g/mol. The number of anilines is 3. The molecule has 1 aromatic heterocycles. The molecule has 2 fully saturated rings. The van der Waals surface area contributed by atoms with Gasteiger partial charge < -0.3 is 29.5 Å². The van der Waals surface area contributed by atoms with Crippen LogP contribution in [0.15, 0.2) is 107 Å². The van der Waals surface area contributed by atoms with Crippen molar-refractivity contribution in [2.45, 2.75) is 28.6 Å². The molecule has 5 aromatic rings. The summed E-state index contributed by atoms with van der Waals surface area (Å²) >= 11 is 6.30. The number of rotatable bonds is 13. The molecule has 1 amide bonds. The first-order valence-electron chi connectivity index (χ1n) is 20.2. The fourth-order valence-corrected chi connectivity index (χ4v) is 10.1. The molecule has 2 saturated heterocycles. The standard InChI is InChI=1S/C44H49ClF3N7O5S2/c1-31-40(43(56)49-19-6-20-53-23-21-51(2)22-24-53)41(42(52(31)3)32-11-13-34(45)14-12-32)33-7-4-8-37(29-33)55-27-25-54(26-28-55)36-17-15-35(16-18-36)50-62(59,60)39-10-5-9-38(30-39)61(57,58)44(46,47)48/h4-5,7-18,29-30,50H,6,19-28H2,1-3H3,(H,49,56). The first-order chi connectivity index (χ1) is 29.4. The van der Waals surface area contributed by atoms with Gasteiger partial charge in [-0.05, 0) is 105 Å². The van der Waals surface area contributed by atoms with Crippen molar-refractivity contribution < 1.29 is 34.8 Å². The zero-order valence-corrected chi connectivity index (χ0v) is 37.0. The quantitative estimate of drug-likeness (QED) is 0.119. The molecular formula is C44H49ClF3N7O5S2. The zero-order valence-electron chi connectivity index (χ0n) is 34.6. The van der Waals surface area contributed by atoms with Crippen molar-refractivity contribution in [1.29, 1.82) is 0 Å². The molecule has 4 aromatic carbocycles. The van der Waals surface area contributed by atoms with Crippen molar-refractivity contribution in [2.75, 3.05) is 87.0 Å². The maximum absolute atomic E-state index is 14.1. The summed E-state index contributed by atoms with van der Waals surface area (Å²) in [6, 6.07) is 25.6. The second-order valence-electron chi connectivity index (χ2n) is 15.6. The molecular weight excluding hydrogens is 863 g/mol. The van der Waals surface area contributed by atoms with E-state index in [0.717, 1.165) is 90.7 Å². The van der Waals surface area contributed by atoms with Gasteiger partial charge in [0.2, 0.25) is 0 Å². The number of sulfone groups is 1. The number of sulfonamides is 1. The second kappa shape index (κ2) is 18.3. The topological polar surface area (TPSA) is 127 Å². The fraction of sp³-hybridized carbons (Fsp3) is 0.341. The van der Waals surface area contributed by atoms with E-state index in [1.807, 2.05) is 50.4 Å². The van der Waals surface area contributed by atoms with Crippen LogP contribution in [0, 0.1) is 6.92 Å². The molecule has 2 aliphatic heterocycles. The van der Waals surface area contributed by atoms with Gasteiger partial charge in [0, 0.05) is 99.3 Å². The van der Waals surface area contributed by atoms with Crippen molar-refractivity contribution >= 4 is 54.4 Å². The highest BCUT2D eigenvalue weighted by molar-refractivity contribution is 7.93. The first kappa shape index (κ1) is 45.0. The van der Waals surface area contributed by atoms with Crippen molar-refractivity contribution in [2.24, 2.45) is 7.05 Å². The smallest absolute Gasteiger partial charge is 0.368 e. The van der Waals surface area contributed by atoms with Crippen LogP contribution >= 0.6 is 11.6 Å². The number of carbonyl (C=O) groups is 1. The zero-order chi connectivity index (χ0) is 44.4. The number of piperazine rings is 2. The molecule has 62 heavy (non-hydrogen) atoms. The summed E-state index contributed by atoms with van der Waals surface area (Å²) in [5.74, 6) is -0.116. The summed E-state index contributed by atoms with van der Waals surface area (Å²) in [6.45, 7) is 10.3. The van der Waals surface area contributed by atoms with Crippen LogP contribution in [0.3, 0.4) is 0 Å². The van der Waals surface area contributed by atoms with Gasteiger partial charge in [-0.25, -0.2) is 16.8 Å². The molecule has 0 atom stereocenters. The van der Waals surface area contributed by atoms with Gasteiger partial charge in [0.1, 0.15) is 0 Å². The number of nitrogens with one attached hydrogen (secondary N) is 2. The Bertz CT molecular complexity index is 2630. The van der Waals surface area contributed by atoms with Crippen LogP contribution < -0.4 is 19.8 Å². The van der Waals surface area contributed by atoms with Gasteiger partial charge in [-0.1, -0.05) is 41.9 Å². The Morgan fingerprint density at radius 2 is 1.34 bits per heavy atom. The lowest BCUT2D eigenvalue weighted by Crippen LogP contribution is -2.46. The van der Waals surface area contributed by atoms with Gasteiger partial charge >= 0.3 is 5.51 Å². The van der Waals surface area contributed by atoms with Gasteiger partial charge in [-0.3, -0.25) is 9.52 Å². The summed E-state index contributed by atoms with van der Waals surface area (Å²) in [4.78, 5) is 21.5. The Morgan fingerprint density at radius 1 is 0.726 bits per heavy atom. The molecule has 2 aliphatic rings. The molecule has 7 rings (SSSR count). The number of nitrogens with zero attached hydrogens (tertiary/aromatic N) is 5. The Balaban J connectivity index is 1.05. The number of amides is 1. The average Bonchev–Trinajstić information content (AvgIpc) is 3.52. The Labute approximate surface area is 365 Å². The van der Waals surface area contributed by atoms with Crippen LogP contribution in [0.25, 0.3) is 22.4 Å². The number of likely N-dealkylation sites (N-methyl/N-ethyl adjacent to an activating group) is 1. The normalized spacial score (nSPS) is 15.8. The highest BCUT2D eigenvalue weighted by atomic mass is 35.5. The van der Waals surface area contributed by atoms with E-state index in [1.165, 1.54) is 0 Å². The summed E-state index contributed by atoms with van der Waals surface area (Å²) in [5, 5.41) is 3.84. The maximum atomic E-state index is 14.1. The van der Waals surface area contributed by atoms with E-state index < -0.39 is 35.2 Å². The minimum Gasteiger partial charge on any atom is -0.368 e. The molecule has 18 heteroatoms. The molecule has 12 nitrogen and oxygen atoms in total. The summed E-state index contributed by atoms with van der Waals surface area (Å²) < 4.78 is 93.6. The Morgan fingerprint density at radius 3 is 1.98 bits per heavy atom. The number of aromatic nitrogens is 1. The lowest BCUT2D eigenvalue weighted by molar-refractivity contribution is -0.0436. The minimum absolute atomic E-state index is 0.116. The van der Waals surface area contributed by atoms with Crippen molar-refractivity contribution in [1.82, 2.24) is 19.7 Å². The SMILES string of the molecule is Cc1c(C(=O)NCCCN2CCN(C)CC2)c(-c2cccc(N3CCN(c4ccc(NS(=O)(=O)c5cccc(S(=O)(=O)C(F)(F)F)c5)cc4)CC3)c2)c(-c2ccc(Cl)cc2)n1C. The first-order valence-corrected chi connectivity index (χ1v) is 23.6. The van der Waals surface area contributed by atoms with Crippen LogP contribution in [0.4, 0.5) is 30.2 Å². The van der Waals surface area contributed by atoms with Gasteiger partial charge in [0.25, 0.3) is 25.8 Å². The summed E-state index contributed by atoms with van der Waals surface area (Å²) in [5.41, 5.74) is 1.51. The monoisotopic (exact) mass is 911 g/mol. The van der Waals surface area contributed by atoms with Gasteiger partial charge in [0.05, 0.1) is 21.0 Å². The number of carbonyl (C=O) groups excluding carboxylic acids is 1. The molecule has 0 unspecified atom stereocenters. The fourth-order valence-electron chi connectivity index (χ4n) is 7.95. The Kier molecular flexibility index (Phi) is 13.3. The summed E-state index contributed by atoms with van der Waals surface area (Å²) in [6.07, 6.45) is 0.854. The lowest BCUT2D eigenvalue weighted by Gasteiger charge is -2.37. The highest BCUT2D eigenvalue weighted by Gasteiger charge is 2.47. The third-order valence-electron chi connectivity index (χ3n) is 11.6. The predicted molar refractivity (Wildman–Crippen MR) is 238 cm³/mol. The molecule has 0 bridgehead atoms. The van der Waals surface area contributed by atoms with Gasteiger partial charge in [-0.15, -0.1) is 0 Å². The van der Waals surface area contributed by atoms with Crippen LogP contribution in [-0.2, 0) is 26.9 Å². The summed E-state index contributed by atoms with van der Waals surface area (Å²) in [7, 11) is -6.03. The number of halogens is 4. The molecule has 0 aliphatic carbocycles. The molecule has 0 radical (unpaired) electrons. The third-order valence-corrected chi connectivity index (χ3v) is 14.7. The van der Waals surface area contributed by atoms with E-state index in [9.17, 15) is 34.8 Å². The number of benzene rings is 4. The van der Waals surface area contributed by atoms with Crippen molar-refractivity contribution in [3.8, 4) is 22.4 Å². The van der Waals surface area contributed by atoms with Crippen molar-refractivity contribution in [3.05, 3.63) is 113 Å². The van der Waals surface area contributed by atoms with Crippen molar-refractivity contribution in [3.63, 3.8) is 0 Å². The third kappa shape index (κ3) is 9.76. The van der Waals surface area contributed by atoms with E-state index >= 15 is 0 Å². The van der Waals surface area contributed by atoms with E-state index in [2.05, 4.69) is 53.4 Å². The lowest BCUT2D eigenvalue weighted by atomic mass is 9.95. The van der Waals surface area contributed by atoms with E-state index in [0.29, 0.717) is 55.4 Å². The van der Waals surface area contributed by atoms with Crippen LogP contribution in [0.5, 0.6) is 0 Å². The highest BCUT2D eigenvalue weighted by Crippen LogP contribution is 2.40. The van der Waals surface area contributed by atoms with Crippen LogP contribution in [0.1, 0.15) is 22.5 Å². The molecule has 330 valence electrons. The number of alkyl halides is 3. The van der Waals surface area contributed by atoms with E-state index in [1.54, 1.807) is 24.3 Å². The second-order valence-corrected chi connectivity index (χ2v) is 19.7. The van der Waals surface area contributed by atoms with Gasteiger partial charge in [-0.2, -0.15) is 13.2 Å². The molecule has 3 heterocycles. The molecule has 2 N–H and O–H groups in total.